The molecule has 1 fully saturated rings. The molecule has 0 aliphatic heterocycles. The molecule has 1 saturated carbocycles. The monoisotopic (exact) mass is 625 g/mol. The summed E-state index contributed by atoms with van der Waals surface area (Å²) in [6.45, 7) is 5.49. The first-order chi connectivity index (χ1) is 20.6. The van der Waals surface area contributed by atoms with Crippen LogP contribution < -0.4 is 14.4 Å². The second-order valence-corrected chi connectivity index (χ2v) is 13.2. The lowest BCUT2D eigenvalue weighted by atomic mass is 9.95. The Bertz CT molecular complexity index is 1470. The highest BCUT2D eigenvalue weighted by Crippen LogP contribution is 2.27. The van der Waals surface area contributed by atoms with Gasteiger partial charge in [-0.05, 0) is 87.7 Å². The summed E-state index contributed by atoms with van der Waals surface area (Å²) in [5, 5.41) is 3.67. The molecule has 0 aromatic heterocycles. The smallest absolute Gasteiger partial charge is 0.264 e. The number of nitrogens with zero attached hydrogens (tertiary/aromatic N) is 2. The van der Waals surface area contributed by atoms with Crippen LogP contribution in [-0.4, -0.2) is 50.4 Å². The number of benzene rings is 3. The minimum atomic E-state index is -4.14. The number of ether oxygens (including phenoxy) is 1. The quantitative estimate of drug-likeness (QED) is 0.262. The summed E-state index contributed by atoms with van der Waals surface area (Å²) in [6, 6.07) is 19.3. The highest BCUT2D eigenvalue weighted by molar-refractivity contribution is 7.92. The van der Waals surface area contributed by atoms with E-state index in [-0.39, 0.29) is 23.4 Å². The SMILES string of the molecule is CCOc1ccc(N(CC(=O)N(Cc2ccc(Cl)cc2)C(C)C(=O)NC2CCCCC2)S(=O)(=O)c2ccc(C)cc2)cc1. The number of amides is 2. The molecule has 0 saturated heterocycles. The maximum atomic E-state index is 14.1. The van der Waals surface area contributed by atoms with E-state index in [1.165, 1.54) is 17.0 Å². The number of rotatable bonds is 12. The molecule has 43 heavy (non-hydrogen) atoms. The summed E-state index contributed by atoms with van der Waals surface area (Å²) in [4.78, 5) is 29.1. The normalized spacial score (nSPS) is 14.5. The van der Waals surface area contributed by atoms with Crippen LogP contribution in [0.5, 0.6) is 5.75 Å². The first kappa shape index (κ1) is 32.4. The molecule has 0 radical (unpaired) electrons. The summed E-state index contributed by atoms with van der Waals surface area (Å²) in [5.41, 5.74) is 1.99. The van der Waals surface area contributed by atoms with E-state index >= 15 is 0 Å². The topological polar surface area (TPSA) is 96.0 Å². The average molecular weight is 626 g/mol. The molecule has 0 spiro atoms. The van der Waals surface area contributed by atoms with Crippen LogP contribution in [0.2, 0.25) is 5.02 Å². The summed E-state index contributed by atoms with van der Waals surface area (Å²) in [5.74, 6) is -0.184. The molecule has 3 aromatic rings. The van der Waals surface area contributed by atoms with E-state index in [1.54, 1.807) is 67.6 Å². The molecule has 0 bridgehead atoms. The third-order valence-corrected chi connectivity index (χ3v) is 9.75. The maximum Gasteiger partial charge on any atom is 0.264 e. The Kier molecular flexibility index (Phi) is 11.1. The molecule has 2 amide bonds. The van der Waals surface area contributed by atoms with E-state index < -0.39 is 28.5 Å². The number of halogens is 1. The molecule has 1 N–H and O–H groups in total. The van der Waals surface area contributed by atoms with E-state index in [9.17, 15) is 18.0 Å². The Balaban J connectivity index is 1.67. The molecular weight excluding hydrogens is 586 g/mol. The molecular formula is C33H40ClN3O5S. The molecule has 230 valence electrons. The average Bonchev–Trinajstić information content (AvgIpc) is 3.00. The standard InChI is InChI=1S/C33H40ClN3O5S/c1-4-42-30-18-16-29(17-19-30)37(43(40,41)31-20-10-24(2)11-21-31)23-32(38)36(22-26-12-14-27(34)15-13-26)25(3)33(39)35-28-8-6-5-7-9-28/h10-21,25,28H,4-9,22-23H2,1-3H3,(H,35,39). The lowest BCUT2D eigenvalue weighted by Gasteiger charge is -2.33. The second-order valence-electron chi connectivity index (χ2n) is 10.9. The molecule has 8 nitrogen and oxygen atoms in total. The first-order valence-electron chi connectivity index (χ1n) is 14.7. The number of anilines is 1. The summed E-state index contributed by atoms with van der Waals surface area (Å²) in [7, 11) is -4.14. The van der Waals surface area contributed by atoms with Crippen molar-refractivity contribution in [2.24, 2.45) is 0 Å². The van der Waals surface area contributed by atoms with Gasteiger partial charge < -0.3 is 15.0 Å². The lowest BCUT2D eigenvalue weighted by molar-refractivity contribution is -0.139. The van der Waals surface area contributed by atoms with Gasteiger partial charge in [0.15, 0.2) is 0 Å². The van der Waals surface area contributed by atoms with E-state index in [2.05, 4.69) is 5.32 Å². The summed E-state index contributed by atoms with van der Waals surface area (Å²) >= 11 is 6.09. The predicted molar refractivity (Wildman–Crippen MR) is 170 cm³/mol. The molecule has 1 unspecified atom stereocenters. The number of hydrogen-bond acceptors (Lipinski definition) is 5. The Morgan fingerprint density at radius 2 is 1.58 bits per heavy atom. The van der Waals surface area contributed by atoms with Gasteiger partial charge in [-0.15, -0.1) is 0 Å². The van der Waals surface area contributed by atoms with Crippen molar-refractivity contribution < 1.29 is 22.7 Å². The third-order valence-electron chi connectivity index (χ3n) is 7.71. The van der Waals surface area contributed by atoms with Gasteiger partial charge >= 0.3 is 0 Å². The van der Waals surface area contributed by atoms with Gasteiger partial charge in [-0.25, -0.2) is 8.42 Å². The number of carbonyl (C=O) groups excluding carboxylic acids is 2. The Morgan fingerprint density at radius 3 is 2.19 bits per heavy atom. The number of carbonyl (C=O) groups is 2. The van der Waals surface area contributed by atoms with Crippen LogP contribution in [0.3, 0.4) is 0 Å². The molecule has 0 heterocycles. The minimum Gasteiger partial charge on any atom is -0.494 e. The van der Waals surface area contributed by atoms with Crippen molar-refractivity contribution in [2.45, 2.75) is 76.4 Å². The first-order valence-corrected chi connectivity index (χ1v) is 16.6. The zero-order valence-corrected chi connectivity index (χ0v) is 26.5. The van der Waals surface area contributed by atoms with Crippen LogP contribution in [0.25, 0.3) is 0 Å². The van der Waals surface area contributed by atoms with E-state index in [0.717, 1.165) is 47.5 Å². The van der Waals surface area contributed by atoms with Crippen LogP contribution in [-0.2, 0) is 26.2 Å². The molecule has 3 aromatic carbocycles. The van der Waals surface area contributed by atoms with Crippen molar-refractivity contribution in [3.8, 4) is 5.75 Å². The molecule has 1 aliphatic rings. The third kappa shape index (κ3) is 8.51. The zero-order chi connectivity index (χ0) is 31.0. The fourth-order valence-electron chi connectivity index (χ4n) is 5.18. The van der Waals surface area contributed by atoms with E-state index in [0.29, 0.717) is 23.1 Å². The number of aryl methyl sites for hydroxylation is 1. The van der Waals surface area contributed by atoms with Crippen molar-refractivity contribution in [1.82, 2.24) is 10.2 Å². The van der Waals surface area contributed by atoms with Gasteiger partial charge in [-0.2, -0.15) is 0 Å². The molecule has 1 aliphatic carbocycles. The van der Waals surface area contributed by atoms with Gasteiger partial charge in [-0.1, -0.05) is 60.7 Å². The van der Waals surface area contributed by atoms with Gasteiger partial charge in [0.25, 0.3) is 10.0 Å². The van der Waals surface area contributed by atoms with Crippen molar-refractivity contribution in [1.29, 1.82) is 0 Å². The van der Waals surface area contributed by atoms with Gasteiger partial charge in [0, 0.05) is 17.6 Å². The van der Waals surface area contributed by atoms with Crippen LogP contribution in [0.4, 0.5) is 5.69 Å². The minimum absolute atomic E-state index is 0.0622. The van der Waals surface area contributed by atoms with Crippen molar-refractivity contribution >= 4 is 39.1 Å². The highest BCUT2D eigenvalue weighted by atomic mass is 35.5. The maximum absolute atomic E-state index is 14.1. The van der Waals surface area contributed by atoms with Crippen molar-refractivity contribution in [3.63, 3.8) is 0 Å². The van der Waals surface area contributed by atoms with E-state index in [1.807, 2.05) is 13.8 Å². The lowest BCUT2D eigenvalue weighted by Crippen LogP contribution is -2.53. The number of nitrogens with one attached hydrogen (secondary N) is 1. The Hall–Kier alpha value is -3.56. The van der Waals surface area contributed by atoms with Gasteiger partial charge in [0.2, 0.25) is 11.8 Å². The highest BCUT2D eigenvalue weighted by Gasteiger charge is 2.33. The van der Waals surface area contributed by atoms with E-state index in [4.69, 9.17) is 16.3 Å². The van der Waals surface area contributed by atoms with Crippen LogP contribution in [0, 0.1) is 6.92 Å². The fourth-order valence-corrected chi connectivity index (χ4v) is 6.72. The molecule has 1 atom stereocenters. The Morgan fingerprint density at radius 1 is 0.953 bits per heavy atom. The fraction of sp³-hybridized carbons (Fsp3) is 0.394. The zero-order valence-electron chi connectivity index (χ0n) is 25.0. The summed E-state index contributed by atoms with van der Waals surface area (Å²) in [6.07, 6.45) is 5.08. The van der Waals surface area contributed by atoms with Gasteiger partial charge in [-0.3, -0.25) is 13.9 Å². The number of sulfonamides is 1. The van der Waals surface area contributed by atoms with Crippen molar-refractivity contribution in [3.05, 3.63) is 88.9 Å². The number of hydrogen-bond donors (Lipinski definition) is 1. The molecule has 10 heteroatoms. The molecule has 4 rings (SSSR count). The second kappa shape index (κ2) is 14.8. The van der Waals surface area contributed by atoms with Gasteiger partial charge in [0.05, 0.1) is 17.2 Å². The van der Waals surface area contributed by atoms with Gasteiger partial charge in [0.1, 0.15) is 18.3 Å². The summed E-state index contributed by atoms with van der Waals surface area (Å²) < 4.78 is 34.6. The van der Waals surface area contributed by atoms with Crippen molar-refractivity contribution in [2.75, 3.05) is 17.5 Å². The Labute approximate surface area is 260 Å². The largest absolute Gasteiger partial charge is 0.494 e. The van der Waals surface area contributed by atoms with Crippen LogP contribution in [0.15, 0.2) is 77.7 Å². The van der Waals surface area contributed by atoms with Crippen LogP contribution in [0.1, 0.15) is 57.1 Å². The predicted octanol–water partition coefficient (Wildman–Crippen LogP) is 6.11. The van der Waals surface area contributed by atoms with Crippen LogP contribution >= 0.6 is 11.6 Å².